The van der Waals surface area contributed by atoms with Gasteiger partial charge in [0, 0.05) is 12.1 Å². The zero-order valence-corrected chi connectivity index (χ0v) is 17.1. The molecule has 7 nitrogen and oxygen atoms in total. The van der Waals surface area contributed by atoms with Crippen molar-refractivity contribution in [1.82, 2.24) is 4.90 Å². The van der Waals surface area contributed by atoms with Crippen LogP contribution in [0, 0.1) is 6.92 Å². The minimum atomic E-state index is -0.406. The zero-order chi connectivity index (χ0) is 20.5. The standard InChI is InChI=1S/C22H25N3O4/c1-5-29-22(26)20-23-25(16-8-6-14(2)7-9-16)21-17-13-19(28-4)18(27-3)12-15(17)10-11-24(20)21/h6-9,12-13,21H,5,10-11H2,1-4H3. The maximum atomic E-state index is 12.6. The Balaban J connectivity index is 1.83. The minimum absolute atomic E-state index is 0.249. The normalized spacial score (nSPS) is 17.4. The molecule has 1 atom stereocenters. The van der Waals surface area contributed by atoms with E-state index in [-0.39, 0.29) is 6.17 Å². The molecule has 0 fully saturated rings. The number of methoxy groups -OCH3 is 2. The average molecular weight is 395 g/mol. The van der Waals surface area contributed by atoms with Crippen molar-refractivity contribution >= 4 is 17.5 Å². The van der Waals surface area contributed by atoms with Crippen molar-refractivity contribution in [2.75, 3.05) is 32.4 Å². The van der Waals surface area contributed by atoms with Crippen LogP contribution in [-0.2, 0) is 16.0 Å². The summed E-state index contributed by atoms with van der Waals surface area (Å²) in [5.74, 6) is 1.28. The predicted octanol–water partition coefficient (Wildman–Crippen LogP) is 3.27. The predicted molar refractivity (Wildman–Crippen MR) is 110 cm³/mol. The number of carbonyl (C=O) groups excluding carboxylic acids is 1. The third-order valence-electron chi connectivity index (χ3n) is 5.30. The largest absolute Gasteiger partial charge is 0.493 e. The Morgan fingerprint density at radius 1 is 1.14 bits per heavy atom. The first-order chi connectivity index (χ1) is 14.1. The number of anilines is 1. The molecular formula is C22H25N3O4. The van der Waals surface area contributed by atoms with Gasteiger partial charge in [0.25, 0.3) is 0 Å². The third kappa shape index (κ3) is 3.26. The summed E-state index contributed by atoms with van der Waals surface area (Å²) in [6.07, 6.45) is 0.521. The van der Waals surface area contributed by atoms with Gasteiger partial charge in [-0.1, -0.05) is 17.7 Å². The topological polar surface area (TPSA) is 63.6 Å². The fraction of sp³-hybridized carbons (Fsp3) is 0.364. The quantitative estimate of drug-likeness (QED) is 0.724. The third-order valence-corrected chi connectivity index (χ3v) is 5.30. The van der Waals surface area contributed by atoms with Crippen molar-refractivity contribution in [3.63, 3.8) is 0 Å². The Morgan fingerprint density at radius 2 is 1.83 bits per heavy atom. The number of carbonyl (C=O) groups is 1. The first-order valence-corrected chi connectivity index (χ1v) is 9.70. The van der Waals surface area contributed by atoms with Gasteiger partial charge in [0.15, 0.2) is 17.7 Å². The van der Waals surface area contributed by atoms with Crippen molar-refractivity contribution in [2.24, 2.45) is 5.10 Å². The lowest BCUT2D eigenvalue weighted by Crippen LogP contribution is -2.43. The molecule has 2 aromatic rings. The van der Waals surface area contributed by atoms with Gasteiger partial charge < -0.3 is 19.1 Å². The molecular weight excluding hydrogens is 370 g/mol. The molecule has 1 unspecified atom stereocenters. The van der Waals surface area contributed by atoms with Crippen LogP contribution in [-0.4, -0.2) is 44.1 Å². The van der Waals surface area contributed by atoms with Gasteiger partial charge in [-0.2, -0.15) is 0 Å². The van der Waals surface area contributed by atoms with E-state index in [9.17, 15) is 4.79 Å². The van der Waals surface area contributed by atoms with Gasteiger partial charge in [0.05, 0.1) is 26.5 Å². The van der Waals surface area contributed by atoms with E-state index in [1.54, 1.807) is 21.1 Å². The van der Waals surface area contributed by atoms with Crippen molar-refractivity contribution < 1.29 is 19.0 Å². The van der Waals surface area contributed by atoms with Crippen LogP contribution in [0.15, 0.2) is 41.5 Å². The van der Waals surface area contributed by atoms with E-state index in [2.05, 4.69) is 5.10 Å². The number of nitrogens with zero attached hydrogens (tertiary/aromatic N) is 3. The molecule has 0 amide bonds. The van der Waals surface area contributed by atoms with Crippen LogP contribution >= 0.6 is 0 Å². The summed E-state index contributed by atoms with van der Waals surface area (Å²) in [6, 6.07) is 12.1. The molecule has 0 saturated heterocycles. The van der Waals surface area contributed by atoms with Gasteiger partial charge in [-0.15, -0.1) is 5.10 Å². The summed E-state index contributed by atoms with van der Waals surface area (Å²) < 4.78 is 16.3. The number of aryl methyl sites for hydroxylation is 1. The van der Waals surface area contributed by atoms with Crippen LogP contribution < -0.4 is 14.5 Å². The molecule has 0 N–H and O–H groups in total. The second kappa shape index (κ2) is 7.66. The van der Waals surface area contributed by atoms with Crippen molar-refractivity contribution in [3.8, 4) is 11.5 Å². The number of rotatable bonds is 5. The van der Waals surface area contributed by atoms with Gasteiger partial charge in [-0.25, -0.2) is 9.80 Å². The Kier molecular flexibility index (Phi) is 5.05. The molecule has 4 rings (SSSR count). The highest BCUT2D eigenvalue weighted by atomic mass is 16.5. The van der Waals surface area contributed by atoms with Crippen molar-refractivity contribution in [1.29, 1.82) is 0 Å². The fourth-order valence-electron chi connectivity index (χ4n) is 3.87. The lowest BCUT2D eigenvalue weighted by atomic mass is 9.95. The molecule has 152 valence electrons. The van der Waals surface area contributed by atoms with E-state index < -0.39 is 5.97 Å². The lowest BCUT2D eigenvalue weighted by molar-refractivity contribution is -0.135. The molecule has 0 radical (unpaired) electrons. The second-order valence-electron chi connectivity index (χ2n) is 7.05. The van der Waals surface area contributed by atoms with Crippen LogP contribution in [0.3, 0.4) is 0 Å². The number of hydrazone groups is 1. The molecule has 2 heterocycles. The van der Waals surface area contributed by atoms with Crippen LogP contribution in [0.25, 0.3) is 0 Å². The van der Waals surface area contributed by atoms with E-state index in [0.29, 0.717) is 30.5 Å². The Labute approximate surface area is 170 Å². The summed E-state index contributed by atoms with van der Waals surface area (Å²) in [5.41, 5.74) is 4.27. The zero-order valence-electron chi connectivity index (χ0n) is 17.1. The SMILES string of the molecule is CCOC(=O)C1=NN(c2ccc(C)cc2)C2c3cc(OC)c(OC)cc3CCN12. The van der Waals surface area contributed by atoms with Gasteiger partial charge in [0.2, 0.25) is 5.84 Å². The first-order valence-electron chi connectivity index (χ1n) is 9.70. The van der Waals surface area contributed by atoms with Gasteiger partial charge >= 0.3 is 5.97 Å². The highest BCUT2D eigenvalue weighted by Gasteiger charge is 2.43. The number of hydrogen-bond donors (Lipinski definition) is 0. The van der Waals surface area contributed by atoms with E-state index in [1.807, 2.05) is 53.2 Å². The highest BCUT2D eigenvalue weighted by Crippen LogP contribution is 2.43. The van der Waals surface area contributed by atoms with Crippen LogP contribution in [0.2, 0.25) is 0 Å². The minimum Gasteiger partial charge on any atom is -0.493 e. The fourth-order valence-corrected chi connectivity index (χ4v) is 3.87. The summed E-state index contributed by atoms with van der Waals surface area (Å²) in [4.78, 5) is 14.6. The Hall–Kier alpha value is -3.22. The first kappa shape index (κ1) is 19.1. The molecule has 2 aliphatic rings. The molecule has 0 bridgehead atoms. The molecule has 0 saturated carbocycles. The maximum Gasteiger partial charge on any atom is 0.376 e. The molecule has 0 aromatic heterocycles. The molecule has 29 heavy (non-hydrogen) atoms. The van der Waals surface area contributed by atoms with Crippen molar-refractivity contribution in [2.45, 2.75) is 26.4 Å². The summed E-state index contributed by atoms with van der Waals surface area (Å²) in [7, 11) is 3.26. The van der Waals surface area contributed by atoms with Gasteiger partial charge in [-0.3, -0.25) is 0 Å². The summed E-state index contributed by atoms with van der Waals surface area (Å²) >= 11 is 0. The maximum absolute atomic E-state index is 12.6. The number of fused-ring (bicyclic) bond motifs is 3. The van der Waals surface area contributed by atoms with Gasteiger partial charge in [-0.05, 0) is 50.1 Å². The van der Waals surface area contributed by atoms with E-state index in [0.717, 1.165) is 28.8 Å². The lowest BCUT2D eigenvalue weighted by Gasteiger charge is -2.37. The molecule has 7 heteroatoms. The van der Waals surface area contributed by atoms with Gasteiger partial charge in [0.1, 0.15) is 0 Å². The van der Waals surface area contributed by atoms with Crippen LogP contribution in [0.5, 0.6) is 11.5 Å². The molecule has 2 aliphatic heterocycles. The molecule has 2 aromatic carbocycles. The van der Waals surface area contributed by atoms with E-state index in [4.69, 9.17) is 14.2 Å². The molecule has 0 spiro atoms. The number of benzene rings is 2. The monoisotopic (exact) mass is 395 g/mol. The van der Waals surface area contributed by atoms with Crippen LogP contribution in [0.4, 0.5) is 5.69 Å². The smallest absolute Gasteiger partial charge is 0.376 e. The highest BCUT2D eigenvalue weighted by molar-refractivity contribution is 6.36. The van der Waals surface area contributed by atoms with Crippen LogP contribution in [0.1, 0.15) is 29.8 Å². The van der Waals surface area contributed by atoms with E-state index in [1.165, 1.54) is 0 Å². The summed E-state index contributed by atoms with van der Waals surface area (Å²) in [6.45, 7) is 4.81. The average Bonchev–Trinajstić information content (AvgIpc) is 3.13. The Morgan fingerprint density at radius 3 is 2.48 bits per heavy atom. The second-order valence-corrected chi connectivity index (χ2v) is 7.05. The number of hydrogen-bond acceptors (Lipinski definition) is 7. The van der Waals surface area contributed by atoms with Crippen molar-refractivity contribution in [3.05, 3.63) is 53.1 Å². The number of ether oxygens (including phenoxy) is 3. The van der Waals surface area contributed by atoms with E-state index >= 15 is 0 Å². The molecule has 0 aliphatic carbocycles. The number of amidine groups is 1. The Bertz CT molecular complexity index is 955. The number of esters is 1. The summed E-state index contributed by atoms with van der Waals surface area (Å²) in [5, 5.41) is 6.56.